The van der Waals surface area contributed by atoms with Crippen LogP contribution in [0.4, 0.5) is 0 Å². The van der Waals surface area contributed by atoms with Crippen molar-refractivity contribution in [3.63, 3.8) is 0 Å². The number of aryl methyl sites for hydroxylation is 1. The van der Waals surface area contributed by atoms with Crippen LogP contribution in [-0.2, 0) is 7.05 Å². The van der Waals surface area contributed by atoms with Gasteiger partial charge in [0, 0.05) is 40.7 Å². The Labute approximate surface area is 150 Å². The third-order valence-electron chi connectivity index (χ3n) is 5.54. The van der Waals surface area contributed by atoms with E-state index in [-0.39, 0.29) is 0 Å². The zero-order chi connectivity index (χ0) is 17.2. The van der Waals surface area contributed by atoms with Crippen LogP contribution in [0, 0.1) is 5.41 Å². The van der Waals surface area contributed by atoms with Crippen LogP contribution in [-0.4, -0.2) is 19.7 Å². The first kappa shape index (κ1) is 15.0. The second-order valence-electron chi connectivity index (χ2n) is 7.76. The molecule has 0 spiro atoms. The van der Waals surface area contributed by atoms with Crippen molar-refractivity contribution in [1.82, 2.24) is 19.7 Å². The van der Waals surface area contributed by atoms with Crippen molar-refractivity contribution < 1.29 is 0 Å². The monoisotopic (exact) mass is 348 g/mol. The quantitative estimate of drug-likeness (QED) is 0.503. The molecule has 0 bridgehead atoms. The third-order valence-corrected chi connectivity index (χ3v) is 6.69. The maximum atomic E-state index is 4.92. The number of hydrogen-bond donors (Lipinski definition) is 0. The second kappa shape index (κ2) is 5.11. The highest BCUT2D eigenvalue weighted by Gasteiger charge is 2.40. The highest BCUT2D eigenvalue weighted by molar-refractivity contribution is 7.18. The number of pyridine rings is 2. The lowest BCUT2D eigenvalue weighted by Gasteiger charge is -2.44. The molecule has 1 saturated carbocycles. The van der Waals surface area contributed by atoms with Crippen molar-refractivity contribution in [2.24, 2.45) is 12.5 Å². The molecule has 4 nitrogen and oxygen atoms in total. The summed E-state index contributed by atoms with van der Waals surface area (Å²) in [5.74, 6) is 0.684. The minimum Gasteiger partial charge on any atom is -0.273 e. The van der Waals surface area contributed by atoms with Crippen molar-refractivity contribution in [2.45, 2.75) is 32.6 Å². The Morgan fingerprint density at radius 2 is 2.08 bits per heavy atom. The predicted octanol–water partition coefficient (Wildman–Crippen LogP) is 5.15. The van der Waals surface area contributed by atoms with Gasteiger partial charge in [-0.15, -0.1) is 11.3 Å². The van der Waals surface area contributed by atoms with Crippen molar-refractivity contribution in [1.29, 1.82) is 0 Å². The molecule has 1 atom stereocenters. The number of nitrogens with zero attached hydrogens (tertiary/aromatic N) is 4. The van der Waals surface area contributed by atoms with Gasteiger partial charge in [0.1, 0.15) is 4.83 Å². The Kier molecular flexibility index (Phi) is 3.07. The van der Waals surface area contributed by atoms with Gasteiger partial charge in [0.25, 0.3) is 0 Å². The molecule has 0 amide bonds. The summed E-state index contributed by atoms with van der Waals surface area (Å²) in [6.45, 7) is 4.75. The van der Waals surface area contributed by atoms with Crippen molar-refractivity contribution >= 4 is 32.6 Å². The summed E-state index contributed by atoms with van der Waals surface area (Å²) in [4.78, 5) is 12.0. The van der Waals surface area contributed by atoms with E-state index in [4.69, 9.17) is 4.98 Å². The average Bonchev–Trinajstić information content (AvgIpc) is 3.14. The number of rotatable bonds is 2. The molecule has 0 aliphatic heterocycles. The summed E-state index contributed by atoms with van der Waals surface area (Å²) in [5.41, 5.74) is 3.23. The van der Waals surface area contributed by atoms with Crippen LogP contribution in [0.2, 0.25) is 0 Å². The highest BCUT2D eigenvalue weighted by atomic mass is 32.1. The summed E-state index contributed by atoms with van der Waals surface area (Å²) in [5, 5.41) is 6.64. The van der Waals surface area contributed by atoms with Gasteiger partial charge in [-0.2, -0.15) is 5.10 Å². The predicted molar refractivity (Wildman–Crippen MR) is 103 cm³/mol. The third kappa shape index (κ3) is 2.37. The maximum absolute atomic E-state index is 4.92. The Morgan fingerprint density at radius 3 is 2.84 bits per heavy atom. The van der Waals surface area contributed by atoms with Gasteiger partial charge in [0.2, 0.25) is 0 Å². The van der Waals surface area contributed by atoms with E-state index < -0.39 is 0 Å². The standard InChI is InChI=1S/C20H20N4S/c1-20(2)7-6-15(20)17-9-12-4-5-16(22-19(12)25-17)13-8-14-11-24(3)23-18(14)21-10-13/h4-5,8-11,15H,6-7H2,1-3H3. The minimum absolute atomic E-state index is 0.430. The first-order chi connectivity index (χ1) is 12.0. The van der Waals surface area contributed by atoms with E-state index in [1.165, 1.54) is 23.1 Å². The minimum atomic E-state index is 0.430. The Bertz CT molecular complexity index is 1110. The van der Waals surface area contributed by atoms with Gasteiger partial charge in [-0.3, -0.25) is 4.68 Å². The molecule has 1 aliphatic carbocycles. The Hall–Kier alpha value is -2.27. The van der Waals surface area contributed by atoms with E-state index in [2.05, 4.69) is 48.2 Å². The Balaban J connectivity index is 1.57. The summed E-state index contributed by atoms with van der Waals surface area (Å²) in [7, 11) is 1.92. The molecule has 1 fully saturated rings. The largest absolute Gasteiger partial charge is 0.273 e. The molecule has 0 N–H and O–H groups in total. The van der Waals surface area contributed by atoms with Gasteiger partial charge in [0.05, 0.1) is 5.69 Å². The smallest absolute Gasteiger partial charge is 0.181 e. The summed E-state index contributed by atoms with van der Waals surface area (Å²) >= 11 is 1.85. The van der Waals surface area contributed by atoms with Crippen molar-refractivity contribution in [3.05, 3.63) is 41.5 Å². The van der Waals surface area contributed by atoms with Gasteiger partial charge >= 0.3 is 0 Å². The van der Waals surface area contributed by atoms with Crippen LogP contribution in [0.3, 0.4) is 0 Å². The highest BCUT2D eigenvalue weighted by Crippen LogP contribution is 2.54. The zero-order valence-corrected chi connectivity index (χ0v) is 15.5. The summed E-state index contributed by atoms with van der Waals surface area (Å²) < 4.78 is 1.80. The maximum Gasteiger partial charge on any atom is 0.181 e. The molecule has 126 valence electrons. The normalized spacial score (nSPS) is 19.4. The lowest BCUT2D eigenvalue weighted by atomic mass is 9.62. The van der Waals surface area contributed by atoms with Gasteiger partial charge in [-0.25, -0.2) is 9.97 Å². The van der Waals surface area contributed by atoms with Gasteiger partial charge in [-0.05, 0) is 48.4 Å². The zero-order valence-electron chi connectivity index (χ0n) is 14.7. The molecule has 4 aromatic heterocycles. The van der Waals surface area contributed by atoms with Crippen LogP contribution in [0.25, 0.3) is 32.5 Å². The van der Waals surface area contributed by atoms with Gasteiger partial charge < -0.3 is 0 Å². The number of thiophene rings is 1. The molecule has 0 radical (unpaired) electrons. The van der Waals surface area contributed by atoms with Crippen molar-refractivity contribution in [3.8, 4) is 11.3 Å². The van der Waals surface area contributed by atoms with Crippen LogP contribution in [0.5, 0.6) is 0 Å². The SMILES string of the molecule is Cn1cc2cc(-c3ccc4cc(C5CCC5(C)C)sc4n3)cnc2n1. The first-order valence-corrected chi connectivity index (χ1v) is 9.51. The van der Waals surface area contributed by atoms with Gasteiger partial charge in [-0.1, -0.05) is 13.8 Å². The van der Waals surface area contributed by atoms with Crippen LogP contribution < -0.4 is 0 Å². The molecule has 0 saturated heterocycles. The molecule has 5 rings (SSSR count). The fraction of sp³-hybridized carbons (Fsp3) is 0.350. The molecule has 4 heterocycles. The van der Waals surface area contributed by atoms with Crippen molar-refractivity contribution in [2.75, 3.05) is 0 Å². The number of hydrogen-bond acceptors (Lipinski definition) is 4. The van der Waals surface area contributed by atoms with E-state index in [1.54, 1.807) is 4.68 Å². The topological polar surface area (TPSA) is 43.6 Å². The van der Waals surface area contributed by atoms with E-state index in [0.29, 0.717) is 11.3 Å². The van der Waals surface area contributed by atoms with E-state index in [1.807, 2.05) is 30.8 Å². The second-order valence-corrected chi connectivity index (χ2v) is 8.82. The van der Waals surface area contributed by atoms with Crippen LogP contribution >= 0.6 is 11.3 Å². The fourth-order valence-electron chi connectivity index (χ4n) is 3.84. The fourth-order valence-corrected chi connectivity index (χ4v) is 5.21. The molecule has 25 heavy (non-hydrogen) atoms. The summed E-state index contributed by atoms with van der Waals surface area (Å²) in [6, 6.07) is 8.75. The molecule has 4 aromatic rings. The lowest BCUT2D eigenvalue weighted by Crippen LogP contribution is -2.31. The average molecular weight is 348 g/mol. The Morgan fingerprint density at radius 1 is 1.20 bits per heavy atom. The summed E-state index contributed by atoms with van der Waals surface area (Å²) in [6.07, 6.45) is 6.48. The van der Waals surface area contributed by atoms with Crippen LogP contribution in [0.1, 0.15) is 37.5 Å². The van der Waals surface area contributed by atoms with E-state index in [9.17, 15) is 0 Å². The molecular formula is C20H20N4S. The van der Waals surface area contributed by atoms with Crippen LogP contribution in [0.15, 0.2) is 36.7 Å². The van der Waals surface area contributed by atoms with E-state index >= 15 is 0 Å². The van der Waals surface area contributed by atoms with Gasteiger partial charge in [0.15, 0.2) is 5.65 Å². The first-order valence-electron chi connectivity index (χ1n) is 8.70. The molecule has 0 aromatic carbocycles. The molecule has 1 unspecified atom stereocenters. The molecular weight excluding hydrogens is 328 g/mol. The molecule has 5 heteroatoms. The van der Waals surface area contributed by atoms with E-state index in [0.717, 1.165) is 27.1 Å². The number of fused-ring (bicyclic) bond motifs is 2. The lowest BCUT2D eigenvalue weighted by molar-refractivity contribution is 0.142. The molecule has 1 aliphatic rings. The number of aromatic nitrogens is 4.